The minimum absolute atomic E-state index is 0.00302. The van der Waals surface area contributed by atoms with Gasteiger partial charge in [0.1, 0.15) is 35.1 Å². The number of nitrogens with one attached hydrogen (secondary N) is 2. The Morgan fingerprint density at radius 2 is 1.82 bits per heavy atom. The van der Waals surface area contributed by atoms with E-state index in [2.05, 4.69) is 26.2 Å². The van der Waals surface area contributed by atoms with Gasteiger partial charge < -0.3 is 19.8 Å². The van der Waals surface area contributed by atoms with Gasteiger partial charge in [0, 0.05) is 43.0 Å². The Labute approximate surface area is 198 Å². The van der Waals surface area contributed by atoms with E-state index in [9.17, 15) is 18.4 Å². The molecule has 1 amide bonds. The first-order valence-electron chi connectivity index (χ1n) is 10.1. The molecule has 1 heterocycles. The molecule has 1 aromatic heterocycles. The van der Waals surface area contributed by atoms with Gasteiger partial charge in [-0.2, -0.15) is 0 Å². The summed E-state index contributed by atoms with van der Waals surface area (Å²) in [5, 5.41) is 2.76. The molecule has 0 aliphatic rings. The van der Waals surface area contributed by atoms with Gasteiger partial charge in [0.25, 0.3) is 5.56 Å². The summed E-state index contributed by atoms with van der Waals surface area (Å²) in [6, 6.07) is 10.9. The number of aromatic nitrogens is 1. The highest BCUT2D eigenvalue weighted by Crippen LogP contribution is 2.31. The van der Waals surface area contributed by atoms with Crippen molar-refractivity contribution in [2.45, 2.75) is 26.5 Å². The number of pyridine rings is 1. The van der Waals surface area contributed by atoms with Gasteiger partial charge in [-0.15, -0.1) is 0 Å². The maximum absolute atomic E-state index is 14.0. The maximum Gasteiger partial charge on any atom is 0.266 e. The van der Waals surface area contributed by atoms with Gasteiger partial charge in [0.15, 0.2) is 0 Å². The van der Waals surface area contributed by atoms with Crippen LogP contribution in [-0.2, 0) is 29.1 Å². The lowest BCUT2D eigenvalue weighted by molar-refractivity contribution is -0.124. The number of rotatable bonds is 9. The highest BCUT2D eigenvalue weighted by Gasteiger charge is 2.17. The molecule has 0 atom stereocenters. The zero-order valence-electron chi connectivity index (χ0n) is 18.1. The molecule has 0 saturated carbocycles. The molecule has 174 valence electrons. The fraction of sp³-hybridized carbons (Fsp3) is 0.250. The molecule has 2 N–H and O–H groups in total. The molecule has 3 rings (SSSR count). The average molecular weight is 521 g/mol. The van der Waals surface area contributed by atoms with Gasteiger partial charge in [-0.05, 0) is 46.1 Å². The fourth-order valence-corrected chi connectivity index (χ4v) is 3.67. The van der Waals surface area contributed by atoms with Crippen LogP contribution in [0.4, 0.5) is 8.78 Å². The van der Waals surface area contributed by atoms with Crippen molar-refractivity contribution in [2.75, 3.05) is 13.7 Å². The minimum atomic E-state index is -0.720. The van der Waals surface area contributed by atoms with Gasteiger partial charge in [-0.25, -0.2) is 8.78 Å². The fourth-order valence-electron chi connectivity index (χ4n) is 3.22. The molecule has 0 aliphatic carbocycles. The third-order valence-corrected chi connectivity index (χ3v) is 5.70. The van der Waals surface area contributed by atoms with Crippen LogP contribution < -0.4 is 15.6 Å². The zero-order valence-corrected chi connectivity index (χ0v) is 19.7. The second-order valence-electron chi connectivity index (χ2n) is 7.43. The van der Waals surface area contributed by atoms with Crippen LogP contribution in [0.5, 0.6) is 5.75 Å². The lowest BCUT2D eigenvalue weighted by Gasteiger charge is -2.16. The van der Waals surface area contributed by atoms with Crippen molar-refractivity contribution in [1.82, 2.24) is 10.3 Å². The lowest BCUT2D eigenvalue weighted by Crippen LogP contribution is -2.26. The number of aryl methyl sites for hydroxylation is 1. The van der Waals surface area contributed by atoms with Crippen molar-refractivity contribution in [2.24, 2.45) is 0 Å². The van der Waals surface area contributed by atoms with Crippen LogP contribution in [0, 0.1) is 18.6 Å². The number of H-pyrrole nitrogens is 1. The number of benzene rings is 2. The van der Waals surface area contributed by atoms with Gasteiger partial charge in [0.05, 0.1) is 0 Å². The molecular formula is C24H23BrF2N2O4. The minimum Gasteiger partial charge on any atom is -0.487 e. The first-order valence-corrected chi connectivity index (χ1v) is 10.9. The van der Waals surface area contributed by atoms with Crippen LogP contribution >= 0.6 is 15.9 Å². The van der Waals surface area contributed by atoms with Gasteiger partial charge >= 0.3 is 0 Å². The summed E-state index contributed by atoms with van der Waals surface area (Å²) in [6.07, 6.45) is 0.443. The number of carbonyl (C=O) groups is 1. The number of methoxy groups -OCH3 is 1. The van der Waals surface area contributed by atoms with Crippen LogP contribution in [0.2, 0.25) is 0 Å². The predicted molar refractivity (Wildman–Crippen MR) is 123 cm³/mol. The largest absolute Gasteiger partial charge is 0.487 e. The Balaban J connectivity index is 1.79. The molecule has 0 bridgehead atoms. The number of carbonyl (C=O) groups excluding carboxylic acids is 1. The smallest absolute Gasteiger partial charge is 0.266 e. The molecule has 2 aromatic carbocycles. The lowest BCUT2D eigenvalue weighted by atomic mass is 10.0. The summed E-state index contributed by atoms with van der Waals surface area (Å²) < 4.78 is 38.0. The van der Waals surface area contributed by atoms with E-state index in [1.165, 1.54) is 13.2 Å². The van der Waals surface area contributed by atoms with Crippen molar-refractivity contribution in [3.05, 3.63) is 96.9 Å². The number of hydrogen-bond donors (Lipinski definition) is 2. The summed E-state index contributed by atoms with van der Waals surface area (Å²) in [4.78, 5) is 26.6. The van der Waals surface area contributed by atoms with E-state index >= 15 is 0 Å². The van der Waals surface area contributed by atoms with E-state index < -0.39 is 11.6 Å². The van der Waals surface area contributed by atoms with Crippen LogP contribution in [0.3, 0.4) is 0 Å². The van der Waals surface area contributed by atoms with Gasteiger partial charge in [0.2, 0.25) is 5.91 Å². The average Bonchev–Trinajstić information content (AvgIpc) is 2.78. The molecule has 0 spiro atoms. The molecule has 33 heavy (non-hydrogen) atoms. The molecular weight excluding hydrogens is 498 g/mol. The molecule has 0 radical (unpaired) electrons. The quantitative estimate of drug-likeness (QED) is 0.444. The van der Waals surface area contributed by atoms with E-state index in [1.54, 1.807) is 6.92 Å². The molecule has 9 heteroatoms. The summed E-state index contributed by atoms with van der Waals surface area (Å²) in [7, 11) is 1.46. The molecule has 3 aromatic rings. The first kappa shape index (κ1) is 24.6. The van der Waals surface area contributed by atoms with Crippen molar-refractivity contribution in [1.29, 1.82) is 0 Å². The normalized spacial score (nSPS) is 10.8. The van der Waals surface area contributed by atoms with Crippen LogP contribution in [0.15, 0.2) is 51.7 Å². The molecule has 0 fully saturated rings. The summed E-state index contributed by atoms with van der Waals surface area (Å²) >= 11 is 3.27. The van der Waals surface area contributed by atoms with E-state index in [0.29, 0.717) is 24.4 Å². The SMILES string of the molecule is COCC(=O)NCc1ccc(Cc2c(C)[nH]c(=O)c(Br)c2OCc2ccc(F)cc2F)cc1. The monoisotopic (exact) mass is 520 g/mol. The Bertz CT molecular complexity index is 1200. The van der Waals surface area contributed by atoms with Gasteiger partial charge in [-0.3, -0.25) is 9.59 Å². The van der Waals surface area contributed by atoms with Crippen LogP contribution in [0.25, 0.3) is 0 Å². The summed E-state index contributed by atoms with van der Waals surface area (Å²) in [5.41, 5.74) is 3.02. The second kappa shape index (κ2) is 11.2. The predicted octanol–water partition coefficient (Wildman–Crippen LogP) is 4.16. The van der Waals surface area contributed by atoms with Crippen LogP contribution in [0.1, 0.15) is 27.9 Å². The third-order valence-electron chi connectivity index (χ3n) is 4.98. The zero-order chi connectivity index (χ0) is 24.0. The number of aromatic amines is 1. The Hall–Kier alpha value is -3.04. The standard InChI is InChI=1S/C24H23BrF2N2O4/c1-14-19(9-15-3-5-16(6-4-15)11-28-21(30)13-32-2)23(22(25)24(31)29-14)33-12-17-7-8-18(26)10-20(17)27/h3-8,10H,9,11-13H2,1-2H3,(H,28,30)(H,29,31). The van der Waals surface area contributed by atoms with E-state index in [4.69, 9.17) is 9.47 Å². The van der Waals surface area contributed by atoms with Crippen molar-refractivity contribution >= 4 is 21.8 Å². The molecule has 0 saturated heterocycles. The summed E-state index contributed by atoms with van der Waals surface area (Å²) in [5.74, 6) is -1.29. The van der Waals surface area contributed by atoms with Crippen molar-refractivity contribution < 1.29 is 23.0 Å². The number of halogens is 3. The molecule has 0 aliphatic heterocycles. The molecule has 0 unspecified atom stereocenters. The summed E-state index contributed by atoms with van der Waals surface area (Å²) in [6.45, 7) is 1.97. The van der Waals surface area contributed by atoms with Crippen molar-refractivity contribution in [3.63, 3.8) is 0 Å². The van der Waals surface area contributed by atoms with Crippen molar-refractivity contribution in [3.8, 4) is 5.75 Å². The molecule has 6 nitrogen and oxygen atoms in total. The number of amides is 1. The highest BCUT2D eigenvalue weighted by atomic mass is 79.9. The number of ether oxygens (including phenoxy) is 2. The maximum atomic E-state index is 14.0. The van der Waals surface area contributed by atoms with Gasteiger partial charge in [-0.1, -0.05) is 24.3 Å². The second-order valence-corrected chi connectivity index (χ2v) is 8.22. The Kier molecular flexibility index (Phi) is 8.35. The Morgan fingerprint density at radius 3 is 2.48 bits per heavy atom. The topological polar surface area (TPSA) is 80.4 Å². The Morgan fingerprint density at radius 1 is 1.12 bits per heavy atom. The van der Waals surface area contributed by atoms with Crippen LogP contribution in [-0.4, -0.2) is 24.6 Å². The van der Waals surface area contributed by atoms with E-state index in [1.807, 2.05) is 24.3 Å². The van der Waals surface area contributed by atoms with E-state index in [0.717, 1.165) is 28.8 Å². The first-order chi connectivity index (χ1) is 15.8. The third kappa shape index (κ3) is 6.49. The highest BCUT2D eigenvalue weighted by molar-refractivity contribution is 9.10. The number of hydrogen-bond acceptors (Lipinski definition) is 4. The van der Waals surface area contributed by atoms with E-state index in [-0.39, 0.29) is 34.7 Å².